The quantitative estimate of drug-likeness (QED) is 0.812. The van der Waals surface area contributed by atoms with E-state index in [1.165, 1.54) is 7.11 Å². The maximum absolute atomic E-state index is 11.7. The first kappa shape index (κ1) is 13.5. The maximum atomic E-state index is 11.7. The van der Waals surface area contributed by atoms with Crippen LogP contribution in [0.25, 0.3) is 0 Å². The van der Waals surface area contributed by atoms with Gasteiger partial charge in [0.05, 0.1) is 24.2 Å². The number of nitrogens with zero attached hydrogens (tertiary/aromatic N) is 2. The van der Waals surface area contributed by atoms with Gasteiger partial charge in [0.15, 0.2) is 0 Å². The van der Waals surface area contributed by atoms with E-state index >= 15 is 0 Å². The minimum Gasteiger partial charge on any atom is -0.467 e. The van der Waals surface area contributed by atoms with Crippen molar-refractivity contribution in [1.82, 2.24) is 9.78 Å². The largest absolute Gasteiger partial charge is 0.467 e. The summed E-state index contributed by atoms with van der Waals surface area (Å²) >= 11 is 0. The molecule has 1 N–H and O–H groups in total. The van der Waals surface area contributed by atoms with Crippen LogP contribution >= 0.6 is 0 Å². The third-order valence-corrected chi connectivity index (χ3v) is 2.93. The summed E-state index contributed by atoms with van der Waals surface area (Å²) in [5.74, 6) is -0.0934. The monoisotopic (exact) mass is 239 g/mol. The number of carbonyl (C=O) groups is 1. The van der Waals surface area contributed by atoms with E-state index in [1.807, 2.05) is 34.7 Å². The Morgan fingerprint density at radius 3 is 2.35 bits per heavy atom. The predicted molar refractivity (Wildman–Crippen MR) is 66.9 cm³/mol. The number of aromatic nitrogens is 2. The first-order valence-corrected chi connectivity index (χ1v) is 5.73. The molecule has 0 aliphatic heterocycles. The van der Waals surface area contributed by atoms with Crippen LogP contribution in [-0.4, -0.2) is 28.9 Å². The number of rotatable bonds is 4. The standard InChI is InChI=1S/C12H21N3O2/c1-7(2)10(12(16)17-6)13-11-8(3)14-15(5)9(11)4/h7,10,13H,1-6H3. The van der Waals surface area contributed by atoms with Crippen LogP contribution in [0.15, 0.2) is 0 Å². The van der Waals surface area contributed by atoms with E-state index in [0.29, 0.717) is 0 Å². The van der Waals surface area contributed by atoms with Gasteiger partial charge in [0.25, 0.3) is 0 Å². The lowest BCUT2D eigenvalue weighted by Crippen LogP contribution is -2.35. The summed E-state index contributed by atoms with van der Waals surface area (Å²) in [5.41, 5.74) is 2.81. The number of hydrogen-bond donors (Lipinski definition) is 1. The summed E-state index contributed by atoms with van der Waals surface area (Å²) in [6, 6.07) is -0.346. The Morgan fingerprint density at radius 2 is 2.00 bits per heavy atom. The van der Waals surface area contributed by atoms with Crippen molar-refractivity contribution in [3.63, 3.8) is 0 Å². The van der Waals surface area contributed by atoms with E-state index < -0.39 is 0 Å². The third kappa shape index (κ3) is 2.78. The number of hydrogen-bond acceptors (Lipinski definition) is 4. The molecule has 0 amide bonds. The van der Waals surface area contributed by atoms with Crippen molar-refractivity contribution in [3.8, 4) is 0 Å². The average molecular weight is 239 g/mol. The summed E-state index contributed by atoms with van der Waals surface area (Å²) in [6.07, 6.45) is 0. The number of aryl methyl sites for hydroxylation is 2. The van der Waals surface area contributed by atoms with E-state index in [0.717, 1.165) is 17.1 Å². The van der Waals surface area contributed by atoms with Crippen molar-refractivity contribution in [3.05, 3.63) is 11.4 Å². The molecule has 1 rings (SSSR count). The van der Waals surface area contributed by atoms with Gasteiger partial charge in [-0.3, -0.25) is 4.68 Å². The lowest BCUT2D eigenvalue weighted by Gasteiger charge is -2.21. The van der Waals surface area contributed by atoms with Gasteiger partial charge >= 0.3 is 5.97 Å². The second-order valence-electron chi connectivity index (χ2n) is 4.56. The predicted octanol–water partition coefficient (Wildman–Crippen LogP) is 1.65. The summed E-state index contributed by atoms with van der Waals surface area (Å²) in [6.45, 7) is 7.85. The molecule has 5 nitrogen and oxygen atoms in total. The van der Waals surface area contributed by atoms with Gasteiger partial charge in [0.1, 0.15) is 6.04 Å². The van der Waals surface area contributed by atoms with Crippen LogP contribution < -0.4 is 5.32 Å². The van der Waals surface area contributed by atoms with Gasteiger partial charge in [-0.05, 0) is 19.8 Å². The molecule has 17 heavy (non-hydrogen) atoms. The summed E-state index contributed by atoms with van der Waals surface area (Å²) in [7, 11) is 3.29. The Labute approximate surface area is 102 Å². The first-order chi connectivity index (χ1) is 7.88. The van der Waals surface area contributed by atoms with Crippen LogP contribution in [0.1, 0.15) is 25.2 Å². The normalized spacial score (nSPS) is 12.6. The topological polar surface area (TPSA) is 56.1 Å². The summed E-state index contributed by atoms with van der Waals surface area (Å²) in [4.78, 5) is 11.7. The zero-order valence-electron chi connectivity index (χ0n) is 11.4. The first-order valence-electron chi connectivity index (χ1n) is 5.73. The van der Waals surface area contributed by atoms with Gasteiger partial charge in [-0.25, -0.2) is 4.79 Å². The second kappa shape index (κ2) is 5.21. The molecule has 1 unspecified atom stereocenters. The fraction of sp³-hybridized carbons (Fsp3) is 0.667. The molecule has 96 valence electrons. The van der Waals surface area contributed by atoms with E-state index in [1.54, 1.807) is 4.68 Å². The van der Waals surface area contributed by atoms with Crippen molar-refractivity contribution in [1.29, 1.82) is 0 Å². The molecule has 1 heterocycles. The number of esters is 1. The van der Waals surface area contributed by atoms with E-state index in [2.05, 4.69) is 10.4 Å². The third-order valence-electron chi connectivity index (χ3n) is 2.93. The maximum Gasteiger partial charge on any atom is 0.328 e. The van der Waals surface area contributed by atoms with Gasteiger partial charge in [0.2, 0.25) is 0 Å². The minimum absolute atomic E-state index is 0.154. The molecule has 1 aromatic heterocycles. The summed E-state index contributed by atoms with van der Waals surface area (Å²) < 4.78 is 6.60. The van der Waals surface area contributed by atoms with Crippen molar-refractivity contribution < 1.29 is 9.53 Å². The van der Waals surface area contributed by atoms with Crippen LogP contribution in [0.5, 0.6) is 0 Å². The Bertz CT molecular complexity index is 410. The highest BCUT2D eigenvalue weighted by Gasteiger charge is 2.25. The number of nitrogens with one attached hydrogen (secondary N) is 1. The van der Waals surface area contributed by atoms with Crippen LogP contribution in [0.4, 0.5) is 5.69 Å². The lowest BCUT2D eigenvalue weighted by atomic mass is 10.0. The van der Waals surface area contributed by atoms with Gasteiger partial charge in [-0.15, -0.1) is 0 Å². The van der Waals surface area contributed by atoms with Crippen LogP contribution in [0.3, 0.4) is 0 Å². The molecular formula is C12H21N3O2. The Kier molecular flexibility index (Phi) is 4.15. The lowest BCUT2D eigenvalue weighted by molar-refractivity contribution is -0.142. The molecule has 0 saturated carbocycles. The zero-order chi connectivity index (χ0) is 13.2. The molecule has 0 aliphatic rings. The number of methoxy groups -OCH3 is 1. The van der Waals surface area contributed by atoms with Crippen LogP contribution in [0.2, 0.25) is 0 Å². The molecule has 0 aromatic carbocycles. The SMILES string of the molecule is COC(=O)C(Nc1c(C)nn(C)c1C)C(C)C. The molecule has 0 saturated heterocycles. The fourth-order valence-electron chi connectivity index (χ4n) is 1.76. The van der Waals surface area contributed by atoms with E-state index in [-0.39, 0.29) is 17.9 Å². The van der Waals surface area contributed by atoms with E-state index in [4.69, 9.17) is 4.74 Å². The van der Waals surface area contributed by atoms with Gasteiger partial charge in [0, 0.05) is 7.05 Å². The van der Waals surface area contributed by atoms with Crippen molar-refractivity contribution in [2.75, 3.05) is 12.4 Å². The highest BCUT2D eigenvalue weighted by Crippen LogP contribution is 2.21. The molecule has 0 fully saturated rings. The molecular weight excluding hydrogens is 218 g/mol. The fourth-order valence-corrected chi connectivity index (χ4v) is 1.76. The molecule has 0 aliphatic carbocycles. The highest BCUT2D eigenvalue weighted by molar-refractivity contribution is 5.80. The van der Waals surface area contributed by atoms with Gasteiger partial charge < -0.3 is 10.1 Å². The molecule has 0 bridgehead atoms. The van der Waals surface area contributed by atoms with Crippen molar-refractivity contribution >= 4 is 11.7 Å². The molecule has 0 spiro atoms. The van der Waals surface area contributed by atoms with Gasteiger partial charge in [-0.2, -0.15) is 5.10 Å². The smallest absolute Gasteiger partial charge is 0.328 e. The Morgan fingerprint density at radius 1 is 1.41 bits per heavy atom. The number of anilines is 1. The van der Waals surface area contributed by atoms with Crippen molar-refractivity contribution in [2.24, 2.45) is 13.0 Å². The zero-order valence-corrected chi connectivity index (χ0v) is 11.4. The van der Waals surface area contributed by atoms with E-state index in [9.17, 15) is 4.79 Å². The number of ether oxygens (including phenoxy) is 1. The van der Waals surface area contributed by atoms with Crippen molar-refractivity contribution in [2.45, 2.75) is 33.7 Å². The van der Waals surface area contributed by atoms with Crippen LogP contribution in [0, 0.1) is 19.8 Å². The molecule has 0 radical (unpaired) electrons. The van der Waals surface area contributed by atoms with Gasteiger partial charge in [-0.1, -0.05) is 13.8 Å². The average Bonchev–Trinajstić information content (AvgIpc) is 2.49. The minimum atomic E-state index is -0.346. The Balaban J connectivity index is 2.97. The van der Waals surface area contributed by atoms with Crippen LogP contribution in [-0.2, 0) is 16.6 Å². The molecule has 1 atom stereocenters. The molecule has 1 aromatic rings. The second-order valence-corrected chi connectivity index (χ2v) is 4.56. The summed E-state index contributed by atoms with van der Waals surface area (Å²) in [5, 5.41) is 7.54. The molecule has 5 heteroatoms. The highest BCUT2D eigenvalue weighted by atomic mass is 16.5. The Hall–Kier alpha value is -1.52. The number of carbonyl (C=O) groups excluding carboxylic acids is 1.